The standard InChI is InChI=1S/C23H34O5/c1-4-26-10-7-21-14-18-13-19(15-21)17-22(16-18,20(24)25)23(21,8-11-27-5-2)9-12-28-6-3/h4-6,18-19H,1-3,7-17H2,(H,24,25). The van der Waals surface area contributed by atoms with Gasteiger partial charge in [0.15, 0.2) is 0 Å². The van der Waals surface area contributed by atoms with Crippen LogP contribution in [0, 0.1) is 28.1 Å². The molecule has 4 rings (SSSR count). The fourth-order valence-electron chi connectivity index (χ4n) is 7.42. The summed E-state index contributed by atoms with van der Waals surface area (Å²) in [6.07, 6.45) is 11.5. The highest BCUT2D eigenvalue weighted by molar-refractivity contribution is 5.77. The Bertz CT molecular complexity index is 582. The zero-order valence-corrected chi connectivity index (χ0v) is 16.9. The molecule has 4 aliphatic rings. The third kappa shape index (κ3) is 3.13. The van der Waals surface area contributed by atoms with Crippen LogP contribution in [-0.4, -0.2) is 30.9 Å². The summed E-state index contributed by atoms with van der Waals surface area (Å²) in [5.41, 5.74) is -1.19. The minimum Gasteiger partial charge on any atom is -0.502 e. The molecule has 2 unspecified atom stereocenters. The Morgan fingerprint density at radius 1 is 0.857 bits per heavy atom. The fourth-order valence-corrected chi connectivity index (χ4v) is 7.42. The van der Waals surface area contributed by atoms with Crippen molar-refractivity contribution in [1.82, 2.24) is 0 Å². The van der Waals surface area contributed by atoms with E-state index in [0.717, 1.165) is 32.1 Å². The highest BCUT2D eigenvalue weighted by Crippen LogP contribution is 2.77. The monoisotopic (exact) mass is 390 g/mol. The zero-order valence-electron chi connectivity index (χ0n) is 16.9. The van der Waals surface area contributed by atoms with Crippen LogP contribution in [0.1, 0.15) is 51.4 Å². The summed E-state index contributed by atoms with van der Waals surface area (Å²) in [5.74, 6) is 0.329. The molecule has 4 fully saturated rings. The summed E-state index contributed by atoms with van der Waals surface area (Å²) in [5, 5.41) is 10.5. The molecule has 0 aromatic heterocycles. The molecule has 156 valence electrons. The van der Waals surface area contributed by atoms with E-state index in [1.165, 1.54) is 25.2 Å². The van der Waals surface area contributed by atoms with Crippen LogP contribution < -0.4 is 0 Å². The van der Waals surface area contributed by atoms with Gasteiger partial charge in [0.25, 0.3) is 0 Å². The summed E-state index contributed by atoms with van der Waals surface area (Å²) in [4.78, 5) is 12.8. The van der Waals surface area contributed by atoms with Crippen LogP contribution in [0.15, 0.2) is 38.5 Å². The van der Waals surface area contributed by atoms with Crippen molar-refractivity contribution >= 4 is 5.97 Å². The van der Waals surface area contributed by atoms with Crippen LogP contribution in [0.4, 0.5) is 0 Å². The molecule has 0 heterocycles. The summed E-state index contributed by atoms with van der Waals surface area (Å²) < 4.78 is 16.6. The Morgan fingerprint density at radius 3 is 1.75 bits per heavy atom. The van der Waals surface area contributed by atoms with Gasteiger partial charge in [-0.2, -0.15) is 0 Å². The number of carbonyl (C=O) groups is 1. The van der Waals surface area contributed by atoms with Gasteiger partial charge in [0.2, 0.25) is 0 Å². The highest BCUT2D eigenvalue weighted by atomic mass is 16.5. The summed E-state index contributed by atoms with van der Waals surface area (Å²) in [7, 11) is 0. The lowest BCUT2D eigenvalue weighted by Gasteiger charge is -2.72. The maximum atomic E-state index is 12.8. The first-order valence-corrected chi connectivity index (χ1v) is 10.4. The average molecular weight is 391 g/mol. The molecule has 28 heavy (non-hydrogen) atoms. The van der Waals surface area contributed by atoms with E-state index in [0.29, 0.717) is 44.5 Å². The molecule has 0 aromatic rings. The minimum absolute atomic E-state index is 0.0758. The second-order valence-corrected chi connectivity index (χ2v) is 8.90. The number of hydrogen-bond acceptors (Lipinski definition) is 4. The lowest BCUT2D eigenvalue weighted by atomic mass is 9.31. The quantitative estimate of drug-likeness (QED) is 0.358. The molecule has 0 saturated heterocycles. The number of rotatable bonds is 13. The lowest BCUT2D eigenvalue weighted by molar-refractivity contribution is -0.253. The molecule has 1 N–H and O–H groups in total. The molecular formula is C23H34O5. The van der Waals surface area contributed by atoms with Crippen LogP contribution >= 0.6 is 0 Å². The lowest BCUT2D eigenvalue weighted by Crippen LogP contribution is -2.68. The van der Waals surface area contributed by atoms with Gasteiger partial charge in [-0.05, 0) is 74.0 Å². The van der Waals surface area contributed by atoms with Crippen LogP contribution in [0.3, 0.4) is 0 Å². The van der Waals surface area contributed by atoms with E-state index in [4.69, 9.17) is 14.2 Å². The van der Waals surface area contributed by atoms with Crippen LogP contribution in [0.2, 0.25) is 0 Å². The Hall–Kier alpha value is -1.91. The predicted molar refractivity (Wildman–Crippen MR) is 107 cm³/mol. The molecule has 5 nitrogen and oxygen atoms in total. The van der Waals surface area contributed by atoms with Crippen molar-refractivity contribution in [3.63, 3.8) is 0 Å². The molecule has 0 aromatic carbocycles. The molecule has 0 radical (unpaired) electrons. The van der Waals surface area contributed by atoms with E-state index in [-0.39, 0.29) is 5.41 Å². The van der Waals surface area contributed by atoms with Crippen molar-refractivity contribution < 1.29 is 24.1 Å². The molecule has 2 atom stereocenters. The number of carboxylic acids is 1. The zero-order chi connectivity index (χ0) is 20.3. The number of hydrogen-bond donors (Lipinski definition) is 1. The maximum absolute atomic E-state index is 12.8. The first kappa shape index (κ1) is 20.8. The summed E-state index contributed by atoms with van der Waals surface area (Å²) >= 11 is 0. The molecule has 4 aliphatic carbocycles. The number of ether oxygens (including phenoxy) is 3. The van der Waals surface area contributed by atoms with E-state index in [1.54, 1.807) is 0 Å². The van der Waals surface area contributed by atoms with Crippen molar-refractivity contribution in [2.45, 2.75) is 51.4 Å². The molecular weight excluding hydrogens is 356 g/mol. The van der Waals surface area contributed by atoms with E-state index < -0.39 is 16.8 Å². The smallest absolute Gasteiger partial charge is 0.310 e. The van der Waals surface area contributed by atoms with E-state index >= 15 is 0 Å². The van der Waals surface area contributed by atoms with Crippen molar-refractivity contribution in [3.8, 4) is 0 Å². The van der Waals surface area contributed by atoms with Crippen molar-refractivity contribution in [2.75, 3.05) is 19.8 Å². The van der Waals surface area contributed by atoms with Crippen LogP contribution in [0.5, 0.6) is 0 Å². The molecule has 0 aliphatic heterocycles. The maximum Gasteiger partial charge on any atom is 0.310 e. The minimum atomic E-state index is -0.722. The van der Waals surface area contributed by atoms with Gasteiger partial charge >= 0.3 is 5.97 Å². The fraction of sp³-hybridized carbons (Fsp3) is 0.696. The van der Waals surface area contributed by atoms with Crippen molar-refractivity contribution in [3.05, 3.63) is 38.5 Å². The predicted octanol–water partition coefficient (Wildman–Crippen LogP) is 4.90. The van der Waals surface area contributed by atoms with Crippen molar-refractivity contribution in [1.29, 1.82) is 0 Å². The van der Waals surface area contributed by atoms with Gasteiger partial charge in [0.05, 0.1) is 44.0 Å². The molecule has 4 bridgehead atoms. The van der Waals surface area contributed by atoms with Gasteiger partial charge in [-0.25, -0.2) is 0 Å². The third-order valence-electron chi connectivity index (χ3n) is 7.99. The SMILES string of the molecule is C=COCCC12CC3CC(C1)CC(C(=O)O)(C3)C2(CCOC=C)CCOC=C. The topological polar surface area (TPSA) is 65.0 Å². The van der Waals surface area contributed by atoms with E-state index in [2.05, 4.69) is 19.7 Å². The van der Waals surface area contributed by atoms with E-state index in [1.807, 2.05) is 0 Å². The van der Waals surface area contributed by atoms with Gasteiger partial charge in [0.1, 0.15) is 0 Å². The van der Waals surface area contributed by atoms with Gasteiger partial charge in [0, 0.05) is 0 Å². The van der Waals surface area contributed by atoms with Gasteiger partial charge in [-0.1, -0.05) is 19.7 Å². The third-order valence-corrected chi connectivity index (χ3v) is 7.99. The van der Waals surface area contributed by atoms with Crippen LogP contribution in [0.25, 0.3) is 0 Å². The van der Waals surface area contributed by atoms with Crippen molar-refractivity contribution in [2.24, 2.45) is 28.1 Å². The van der Waals surface area contributed by atoms with Gasteiger partial charge in [-0.3, -0.25) is 4.79 Å². The second-order valence-electron chi connectivity index (χ2n) is 8.90. The molecule has 5 heteroatoms. The molecule has 0 spiro atoms. The van der Waals surface area contributed by atoms with E-state index in [9.17, 15) is 9.90 Å². The Balaban J connectivity index is 2.05. The number of aliphatic carboxylic acids is 1. The average Bonchev–Trinajstić information content (AvgIpc) is 2.65. The normalized spacial score (nSPS) is 34.4. The first-order valence-electron chi connectivity index (χ1n) is 10.4. The summed E-state index contributed by atoms with van der Waals surface area (Å²) in [6.45, 7) is 12.5. The van der Waals surface area contributed by atoms with Gasteiger partial charge < -0.3 is 19.3 Å². The highest BCUT2D eigenvalue weighted by Gasteiger charge is 2.73. The number of carboxylic acid groups (broad SMARTS) is 1. The Morgan fingerprint density at radius 2 is 1.32 bits per heavy atom. The molecule has 0 amide bonds. The second kappa shape index (κ2) is 8.22. The van der Waals surface area contributed by atoms with Gasteiger partial charge in [-0.15, -0.1) is 0 Å². The Labute approximate surface area is 168 Å². The Kier molecular flexibility index (Phi) is 6.11. The largest absolute Gasteiger partial charge is 0.502 e. The van der Waals surface area contributed by atoms with Crippen LogP contribution in [-0.2, 0) is 19.0 Å². The summed E-state index contributed by atoms with van der Waals surface area (Å²) in [6, 6.07) is 0. The first-order chi connectivity index (χ1) is 13.5. The molecule has 4 saturated carbocycles.